The number of nitrogens with one attached hydrogen (secondary N) is 2. The lowest BCUT2D eigenvalue weighted by Crippen LogP contribution is -2.11. The van der Waals surface area contributed by atoms with Crippen molar-refractivity contribution in [3.8, 4) is 0 Å². The minimum Gasteiger partial charge on any atom is -0.384 e. The topological polar surface area (TPSA) is 96.7 Å². The van der Waals surface area contributed by atoms with Gasteiger partial charge in [-0.3, -0.25) is 9.89 Å². The van der Waals surface area contributed by atoms with E-state index in [1.807, 2.05) is 0 Å². The molecule has 0 spiro atoms. The van der Waals surface area contributed by atoms with E-state index in [-0.39, 0.29) is 5.91 Å². The van der Waals surface area contributed by atoms with Crippen LogP contribution in [0.15, 0.2) is 30.7 Å². The molecule has 0 saturated carbocycles. The van der Waals surface area contributed by atoms with Crippen molar-refractivity contribution in [2.45, 2.75) is 0 Å². The second-order valence-electron chi connectivity index (χ2n) is 2.91. The Kier molecular flexibility index (Phi) is 2.32. The van der Waals surface area contributed by atoms with Gasteiger partial charge in [0, 0.05) is 6.20 Å². The highest BCUT2D eigenvalue weighted by atomic mass is 16.1. The Hall–Kier alpha value is -2.37. The molecule has 1 amide bonds. The summed E-state index contributed by atoms with van der Waals surface area (Å²) >= 11 is 0. The molecular formula is C9H9N5O. The minimum atomic E-state index is -0.240. The van der Waals surface area contributed by atoms with Crippen LogP contribution in [0.3, 0.4) is 0 Å². The van der Waals surface area contributed by atoms with Crippen molar-refractivity contribution in [3.05, 3.63) is 36.3 Å². The monoisotopic (exact) mass is 203 g/mol. The molecule has 15 heavy (non-hydrogen) atoms. The molecule has 0 aliphatic carbocycles. The number of hydrogen-bond donors (Lipinski definition) is 3. The fourth-order valence-electron chi connectivity index (χ4n) is 1.06. The number of nitrogens with zero attached hydrogens (tertiary/aromatic N) is 2. The molecular weight excluding hydrogens is 194 g/mol. The normalized spacial score (nSPS) is 9.87. The van der Waals surface area contributed by atoms with E-state index in [0.29, 0.717) is 17.1 Å². The van der Waals surface area contributed by atoms with E-state index >= 15 is 0 Å². The second-order valence-corrected chi connectivity index (χ2v) is 2.91. The predicted octanol–water partition coefficient (Wildman–Crippen LogP) is 0.639. The number of anilines is 2. The first-order valence-electron chi connectivity index (χ1n) is 4.27. The number of hydrogen-bond acceptors (Lipinski definition) is 4. The molecule has 4 N–H and O–H groups in total. The van der Waals surface area contributed by atoms with Crippen LogP contribution in [-0.2, 0) is 0 Å². The van der Waals surface area contributed by atoms with E-state index in [4.69, 9.17) is 5.73 Å². The van der Waals surface area contributed by atoms with Crippen LogP contribution in [0.5, 0.6) is 0 Å². The summed E-state index contributed by atoms with van der Waals surface area (Å²) in [5.41, 5.74) is 6.47. The predicted molar refractivity (Wildman–Crippen MR) is 55.2 cm³/mol. The quantitative estimate of drug-likeness (QED) is 0.667. The molecule has 0 aliphatic heterocycles. The van der Waals surface area contributed by atoms with Crippen LogP contribution in [0.25, 0.3) is 0 Å². The van der Waals surface area contributed by atoms with Gasteiger partial charge in [0.2, 0.25) is 0 Å². The van der Waals surface area contributed by atoms with E-state index in [1.165, 1.54) is 18.6 Å². The molecule has 0 saturated heterocycles. The number of aromatic nitrogens is 3. The standard InChI is InChI=1S/C9H9N5O/c10-8-2-1-7(5-11-8)14-9(15)6-3-12-13-4-6/h1-5H,(H2,10,11)(H,12,13)(H,14,15). The van der Waals surface area contributed by atoms with Crippen LogP contribution in [0.4, 0.5) is 11.5 Å². The first-order valence-corrected chi connectivity index (χ1v) is 4.27. The summed E-state index contributed by atoms with van der Waals surface area (Å²) in [6.45, 7) is 0. The van der Waals surface area contributed by atoms with Crippen LogP contribution in [-0.4, -0.2) is 21.1 Å². The van der Waals surface area contributed by atoms with Crippen molar-refractivity contribution >= 4 is 17.4 Å². The maximum absolute atomic E-state index is 11.5. The lowest BCUT2D eigenvalue weighted by atomic mass is 10.3. The Labute approximate surface area is 85.5 Å². The molecule has 2 rings (SSSR count). The van der Waals surface area contributed by atoms with Crippen LogP contribution < -0.4 is 11.1 Å². The molecule has 0 unspecified atom stereocenters. The molecule has 0 aliphatic rings. The summed E-state index contributed by atoms with van der Waals surface area (Å²) in [7, 11) is 0. The van der Waals surface area contributed by atoms with Crippen molar-refractivity contribution < 1.29 is 4.79 Å². The average Bonchev–Trinajstić information content (AvgIpc) is 2.74. The van der Waals surface area contributed by atoms with Gasteiger partial charge in [0.25, 0.3) is 5.91 Å². The number of nitrogens with two attached hydrogens (primary N) is 1. The molecule has 2 heterocycles. The third-order valence-electron chi connectivity index (χ3n) is 1.80. The van der Waals surface area contributed by atoms with Crippen molar-refractivity contribution in [2.24, 2.45) is 0 Å². The van der Waals surface area contributed by atoms with Crippen molar-refractivity contribution in [2.75, 3.05) is 11.1 Å². The van der Waals surface area contributed by atoms with Gasteiger partial charge in [-0.25, -0.2) is 4.98 Å². The Morgan fingerprint density at radius 2 is 2.27 bits per heavy atom. The van der Waals surface area contributed by atoms with E-state index in [1.54, 1.807) is 12.1 Å². The van der Waals surface area contributed by atoms with Crippen LogP contribution in [0, 0.1) is 0 Å². The Bertz CT molecular complexity index is 448. The molecule has 6 nitrogen and oxygen atoms in total. The lowest BCUT2D eigenvalue weighted by Gasteiger charge is -2.02. The Balaban J connectivity index is 2.09. The van der Waals surface area contributed by atoms with E-state index < -0.39 is 0 Å². The Morgan fingerprint density at radius 3 is 2.87 bits per heavy atom. The fourth-order valence-corrected chi connectivity index (χ4v) is 1.06. The Morgan fingerprint density at radius 1 is 1.40 bits per heavy atom. The van der Waals surface area contributed by atoms with E-state index in [2.05, 4.69) is 20.5 Å². The van der Waals surface area contributed by atoms with Gasteiger partial charge in [-0.2, -0.15) is 5.10 Å². The SMILES string of the molecule is Nc1ccc(NC(=O)c2cn[nH]c2)cn1. The molecule has 2 aromatic heterocycles. The highest BCUT2D eigenvalue weighted by Crippen LogP contribution is 2.08. The van der Waals surface area contributed by atoms with Gasteiger partial charge in [-0.1, -0.05) is 0 Å². The van der Waals surface area contributed by atoms with Gasteiger partial charge in [-0.15, -0.1) is 0 Å². The third-order valence-corrected chi connectivity index (χ3v) is 1.80. The number of carbonyl (C=O) groups excluding carboxylic acids is 1. The number of rotatable bonds is 2. The molecule has 0 radical (unpaired) electrons. The van der Waals surface area contributed by atoms with Crippen LogP contribution in [0.1, 0.15) is 10.4 Å². The molecule has 0 aromatic carbocycles. The molecule has 76 valence electrons. The minimum absolute atomic E-state index is 0.240. The maximum atomic E-state index is 11.5. The third kappa shape index (κ3) is 2.11. The first kappa shape index (κ1) is 9.20. The fraction of sp³-hybridized carbons (Fsp3) is 0. The second kappa shape index (κ2) is 3.79. The van der Waals surface area contributed by atoms with Gasteiger partial charge in [0.1, 0.15) is 5.82 Å². The number of aromatic amines is 1. The van der Waals surface area contributed by atoms with E-state index in [0.717, 1.165) is 0 Å². The average molecular weight is 203 g/mol. The zero-order chi connectivity index (χ0) is 10.7. The summed E-state index contributed by atoms with van der Waals surface area (Å²) in [5, 5.41) is 8.89. The summed E-state index contributed by atoms with van der Waals surface area (Å²) in [4.78, 5) is 15.4. The summed E-state index contributed by atoms with van der Waals surface area (Å²) in [5.74, 6) is 0.173. The lowest BCUT2D eigenvalue weighted by molar-refractivity contribution is 0.102. The number of nitrogen functional groups attached to an aromatic ring is 1. The van der Waals surface area contributed by atoms with Crippen molar-refractivity contribution in [1.29, 1.82) is 0 Å². The summed E-state index contributed by atoms with van der Waals surface area (Å²) < 4.78 is 0. The van der Waals surface area contributed by atoms with E-state index in [9.17, 15) is 4.79 Å². The number of H-pyrrole nitrogens is 1. The molecule has 0 bridgehead atoms. The van der Waals surface area contributed by atoms with Gasteiger partial charge >= 0.3 is 0 Å². The van der Waals surface area contributed by atoms with Gasteiger partial charge < -0.3 is 11.1 Å². The molecule has 0 fully saturated rings. The smallest absolute Gasteiger partial charge is 0.258 e. The molecule has 0 atom stereocenters. The highest BCUT2D eigenvalue weighted by Gasteiger charge is 2.06. The summed E-state index contributed by atoms with van der Waals surface area (Å²) in [6.07, 6.45) is 4.45. The largest absolute Gasteiger partial charge is 0.384 e. The highest BCUT2D eigenvalue weighted by molar-refractivity contribution is 6.03. The van der Waals surface area contributed by atoms with Gasteiger partial charge in [0.05, 0.1) is 23.6 Å². The van der Waals surface area contributed by atoms with Crippen LogP contribution >= 0.6 is 0 Å². The van der Waals surface area contributed by atoms with Gasteiger partial charge in [-0.05, 0) is 12.1 Å². The zero-order valence-electron chi connectivity index (χ0n) is 7.77. The van der Waals surface area contributed by atoms with Crippen molar-refractivity contribution in [3.63, 3.8) is 0 Å². The van der Waals surface area contributed by atoms with Crippen molar-refractivity contribution in [1.82, 2.24) is 15.2 Å². The number of pyridine rings is 1. The van der Waals surface area contributed by atoms with Crippen LogP contribution in [0.2, 0.25) is 0 Å². The first-order chi connectivity index (χ1) is 7.25. The maximum Gasteiger partial charge on any atom is 0.258 e. The number of carbonyl (C=O) groups is 1. The molecule has 6 heteroatoms. The molecule has 2 aromatic rings. The van der Waals surface area contributed by atoms with Gasteiger partial charge in [0.15, 0.2) is 0 Å². The summed E-state index contributed by atoms with van der Waals surface area (Å²) in [6, 6.07) is 3.30. The zero-order valence-corrected chi connectivity index (χ0v) is 7.77. The number of amides is 1.